The van der Waals surface area contributed by atoms with E-state index in [2.05, 4.69) is 5.32 Å². The summed E-state index contributed by atoms with van der Waals surface area (Å²) in [6.07, 6.45) is 0.866. The molecule has 0 aliphatic carbocycles. The van der Waals surface area contributed by atoms with Crippen LogP contribution in [0.3, 0.4) is 0 Å². The third-order valence-corrected chi connectivity index (χ3v) is 1.67. The zero-order valence-electron chi connectivity index (χ0n) is 7.60. The van der Waals surface area contributed by atoms with Gasteiger partial charge in [0.05, 0.1) is 6.61 Å². The van der Waals surface area contributed by atoms with Gasteiger partial charge < -0.3 is 10.1 Å². The van der Waals surface area contributed by atoms with Crippen LogP contribution in [0.2, 0.25) is 0 Å². The second kappa shape index (κ2) is 7.37. The van der Waals surface area contributed by atoms with E-state index in [1.54, 1.807) is 13.8 Å². The number of ether oxygens (including phenoxy) is 1. The fourth-order valence-electron chi connectivity index (χ4n) is 0.736. The van der Waals surface area contributed by atoms with Gasteiger partial charge in [0.15, 0.2) is 0 Å². The number of hydrogen-bond donors (Lipinski definition) is 1. The number of esters is 1. The highest BCUT2D eigenvalue weighted by Gasteiger charge is 2.11. The maximum atomic E-state index is 11.0. The molecule has 0 aromatic heterocycles. The Labute approximate surface area is 78.4 Å². The van der Waals surface area contributed by atoms with E-state index in [0.717, 1.165) is 13.0 Å². The zero-order valence-corrected chi connectivity index (χ0v) is 8.36. The number of carbonyl (C=O) groups excluding carboxylic acids is 1. The fourth-order valence-corrected chi connectivity index (χ4v) is 0.870. The van der Waals surface area contributed by atoms with E-state index in [9.17, 15) is 4.79 Å². The van der Waals surface area contributed by atoms with E-state index in [-0.39, 0.29) is 12.0 Å². The molecule has 1 N–H and O–H groups in total. The second-order valence-corrected chi connectivity index (χ2v) is 2.85. The van der Waals surface area contributed by atoms with Crippen molar-refractivity contribution in [3.63, 3.8) is 0 Å². The average Bonchev–Trinajstić information content (AvgIpc) is 2.05. The molecular weight excluding hydrogens is 178 g/mol. The topological polar surface area (TPSA) is 38.3 Å². The third-order valence-electron chi connectivity index (χ3n) is 1.40. The van der Waals surface area contributed by atoms with Gasteiger partial charge in [-0.3, -0.25) is 4.79 Å². The molecule has 12 heavy (non-hydrogen) atoms. The van der Waals surface area contributed by atoms with Gasteiger partial charge in [0, 0.05) is 5.88 Å². The quantitative estimate of drug-likeness (QED) is 0.391. The molecule has 0 heterocycles. The second-order valence-electron chi connectivity index (χ2n) is 2.47. The van der Waals surface area contributed by atoms with Gasteiger partial charge in [-0.15, -0.1) is 11.6 Å². The summed E-state index contributed by atoms with van der Waals surface area (Å²) >= 11 is 5.47. The lowest BCUT2D eigenvalue weighted by molar-refractivity contribution is -0.145. The normalized spacial score (nSPS) is 12.6. The Bertz CT molecular complexity index is 130. The number of rotatable bonds is 6. The molecular formula is C8H16ClNO2. The Balaban J connectivity index is 3.42. The SMILES string of the molecule is CCOC(=O)[C@H](C)NCCCCl. The van der Waals surface area contributed by atoms with Gasteiger partial charge >= 0.3 is 5.97 Å². The molecule has 0 aliphatic rings. The first-order valence-electron chi connectivity index (χ1n) is 4.18. The van der Waals surface area contributed by atoms with Crippen LogP contribution in [-0.2, 0) is 9.53 Å². The molecule has 1 atom stereocenters. The van der Waals surface area contributed by atoms with Crippen molar-refractivity contribution in [1.82, 2.24) is 5.32 Å². The van der Waals surface area contributed by atoms with Crippen LogP contribution >= 0.6 is 11.6 Å². The van der Waals surface area contributed by atoms with Crippen LogP contribution < -0.4 is 5.32 Å². The summed E-state index contributed by atoms with van der Waals surface area (Å²) in [5.41, 5.74) is 0. The van der Waals surface area contributed by atoms with E-state index in [0.29, 0.717) is 12.5 Å². The molecule has 0 amide bonds. The number of carbonyl (C=O) groups is 1. The standard InChI is InChI=1S/C8H16ClNO2/c1-3-12-8(11)7(2)10-6-4-5-9/h7,10H,3-6H2,1-2H3/t7-/m0/s1. The van der Waals surface area contributed by atoms with Crippen molar-refractivity contribution in [3.8, 4) is 0 Å². The maximum Gasteiger partial charge on any atom is 0.322 e. The molecule has 0 rings (SSSR count). The fraction of sp³-hybridized carbons (Fsp3) is 0.875. The van der Waals surface area contributed by atoms with E-state index < -0.39 is 0 Å². The average molecular weight is 194 g/mol. The summed E-state index contributed by atoms with van der Waals surface area (Å²) in [4.78, 5) is 11.0. The smallest absolute Gasteiger partial charge is 0.322 e. The van der Waals surface area contributed by atoms with Crippen molar-refractivity contribution in [3.05, 3.63) is 0 Å². The third kappa shape index (κ3) is 5.38. The summed E-state index contributed by atoms with van der Waals surface area (Å²) in [6.45, 7) is 4.76. The molecule has 0 fully saturated rings. The Morgan fingerprint density at radius 3 is 2.83 bits per heavy atom. The van der Waals surface area contributed by atoms with E-state index in [1.165, 1.54) is 0 Å². The van der Waals surface area contributed by atoms with Crippen molar-refractivity contribution in [2.45, 2.75) is 26.3 Å². The van der Waals surface area contributed by atoms with E-state index >= 15 is 0 Å². The number of halogens is 1. The van der Waals surface area contributed by atoms with Crippen LogP contribution in [0.15, 0.2) is 0 Å². The molecule has 4 heteroatoms. The molecule has 0 aromatic rings. The number of alkyl halides is 1. The number of hydrogen-bond acceptors (Lipinski definition) is 3. The number of nitrogens with one attached hydrogen (secondary N) is 1. The highest BCUT2D eigenvalue weighted by Crippen LogP contribution is 1.89. The highest BCUT2D eigenvalue weighted by molar-refractivity contribution is 6.17. The first-order chi connectivity index (χ1) is 5.72. The predicted molar refractivity (Wildman–Crippen MR) is 49.4 cm³/mol. The molecule has 0 saturated carbocycles. The van der Waals surface area contributed by atoms with Gasteiger partial charge in [-0.05, 0) is 26.8 Å². The van der Waals surface area contributed by atoms with E-state index in [4.69, 9.17) is 16.3 Å². The predicted octanol–water partition coefficient (Wildman–Crippen LogP) is 1.16. The van der Waals surface area contributed by atoms with Gasteiger partial charge in [0.2, 0.25) is 0 Å². The molecule has 0 saturated heterocycles. The first kappa shape index (κ1) is 11.7. The van der Waals surface area contributed by atoms with E-state index in [1.807, 2.05) is 0 Å². The summed E-state index contributed by atoms with van der Waals surface area (Å²) in [5.74, 6) is 0.412. The van der Waals surface area contributed by atoms with Gasteiger partial charge in [-0.1, -0.05) is 0 Å². The minimum Gasteiger partial charge on any atom is -0.465 e. The van der Waals surface area contributed by atoms with Crippen LogP contribution in [0.4, 0.5) is 0 Å². The Hall–Kier alpha value is -0.280. The van der Waals surface area contributed by atoms with Crippen molar-refractivity contribution >= 4 is 17.6 Å². The van der Waals surface area contributed by atoms with Gasteiger partial charge in [-0.2, -0.15) is 0 Å². The largest absolute Gasteiger partial charge is 0.465 e. The summed E-state index contributed by atoms with van der Waals surface area (Å²) < 4.78 is 4.80. The minimum atomic E-state index is -0.229. The van der Waals surface area contributed by atoms with Crippen molar-refractivity contribution in [2.75, 3.05) is 19.0 Å². The summed E-state index contributed by atoms with van der Waals surface area (Å²) in [5, 5.41) is 3.01. The Morgan fingerprint density at radius 1 is 1.67 bits per heavy atom. The summed E-state index contributed by atoms with van der Waals surface area (Å²) in [7, 11) is 0. The van der Waals surface area contributed by atoms with Crippen LogP contribution in [0.1, 0.15) is 20.3 Å². The molecule has 0 radical (unpaired) electrons. The van der Waals surface area contributed by atoms with Crippen LogP contribution in [0.5, 0.6) is 0 Å². The monoisotopic (exact) mass is 193 g/mol. The molecule has 0 unspecified atom stereocenters. The van der Waals surface area contributed by atoms with Gasteiger partial charge in [0.1, 0.15) is 6.04 Å². The van der Waals surface area contributed by atoms with Crippen molar-refractivity contribution in [2.24, 2.45) is 0 Å². The summed E-state index contributed by atoms with van der Waals surface area (Å²) in [6, 6.07) is -0.229. The Kier molecular flexibility index (Phi) is 7.20. The maximum absolute atomic E-state index is 11.0. The molecule has 72 valence electrons. The molecule has 3 nitrogen and oxygen atoms in total. The lowest BCUT2D eigenvalue weighted by Crippen LogP contribution is -2.36. The van der Waals surface area contributed by atoms with Crippen LogP contribution in [0.25, 0.3) is 0 Å². The highest BCUT2D eigenvalue weighted by atomic mass is 35.5. The lowest BCUT2D eigenvalue weighted by atomic mass is 10.3. The lowest BCUT2D eigenvalue weighted by Gasteiger charge is -2.11. The molecule has 0 bridgehead atoms. The van der Waals surface area contributed by atoms with Crippen LogP contribution in [-0.4, -0.2) is 31.0 Å². The molecule has 0 aliphatic heterocycles. The van der Waals surface area contributed by atoms with Crippen molar-refractivity contribution in [1.29, 1.82) is 0 Å². The van der Waals surface area contributed by atoms with Crippen molar-refractivity contribution < 1.29 is 9.53 Å². The minimum absolute atomic E-state index is 0.202. The Morgan fingerprint density at radius 2 is 2.33 bits per heavy atom. The molecule has 0 aromatic carbocycles. The van der Waals surface area contributed by atoms with Crippen LogP contribution in [0, 0.1) is 0 Å². The zero-order chi connectivity index (χ0) is 9.40. The van der Waals surface area contributed by atoms with Gasteiger partial charge in [0.25, 0.3) is 0 Å². The first-order valence-corrected chi connectivity index (χ1v) is 4.71. The van der Waals surface area contributed by atoms with Gasteiger partial charge in [-0.25, -0.2) is 0 Å². The molecule has 0 spiro atoms.